The van der Waals surface area contributed by atoms with E-state index in [0.29, 0.717) is 12.8 Å². The molecule has 0 atom stereocenters. The first kappa shape index (κ1) is 14.8. The Hall–Kier alpha value is -2.17. The molecule has 1 N–H and O–H groups in total. The van der Waals surface area contributed by atoms with Gasteiger partial charge in [0.05, 0.1) is 0 Å². The van der Waals surface area contributed by atoms with Gasteiger partial charge in [-0.1, -0.05) is 24.3 Å². The van der Waals surface area contributed by atoms with Gasteiger partial charge >= 0.3 is 0 Å². The number of rotatable bonds is 6. The number of amides is 1. The van der Waals surface area contributed by atoms with Crippen LogP contribution in [-0.2, 0) is 24.7 Å². The summed E-state index contributed by atoms with van der Waals surface area (Å²) >= 11 is 0. The van der Waals surface area contributed by atoms with Crippen molar-refractivity contribution in [2.75, 3.05) is 0 Å². The molecule has 1 amide bonds. The van der Waals surface area contributed by atoms with Crippen molar-refractivity contribution in [1.29, 1.82) is 0 Å². The molecule has 1 heterocycles. The van der Waals surface area contributed by atoms with E-state index in [1.807, 2.05) is 11.6 Å². The molecule has 5 heteroatoms. The van der Waals surface area contributed by atoms with Gasteiger partial charge in [0.15, 0.2) is 0 Å². The number of hydrogen-bond acceptors (Lipinski definition) is 3. The van der Waals surface area contributed by atoms with Crippen LogP contribution in [0.5, 0.6) is 0 Å². The normalized spacial score (nSPS) is 15.5. The number of aromatic nitrogens is 3. The minimum atomic E-state index is -0.0247. The maximum absolute atomic E-state index is 12.2. The minimum Gasteiger partial charge on any atom is -0.350 e. The summed E-state index contributed by atoms with van der Waals surface area (Å²) in [5, 5.41) is 11.1. The lowest BCUT2D eigenvalue weighted by Crippen LogP contribution is -2.38. The highest BCUT2D eigenvalue weighted by Gasteiger charge is 2.43. The van der Waals surface area contributed by atoms with Crippen molar-refractivity contribution in [3.63, 3.8) is 0 Å². The molecule has 1 aliphatic carbocycles. The fourth-order valence-electron chi connectivity index (χ4n) is 2.79. The van der Waals surface area contributed by atoms with E-state index in [9.17, 15) is 4.79 Å². The van der Waals surface area contributed by atoms with Gasteiger partial charge in [-0.2, -0.15) is 0 Å². The van der Waals surface area contributed by atoms with Crippen molar-refractivity contribution in [2.45, 2.75) is 44.6 Å². The van der Waals surface area contributed by atoms with Crippen molar-refractivity contribution in [2.24, 2.45) is 7.05 Å². The number of carbonyl (C=O) groups is 1. The van der Waals surface area contributed by atoms with Crippen molar-refractivity contribution >= 4 is 5.91 Å². The minimum absolute atomic E-state index is 0.0247. The zero-order valence-electron chi connectivity index (χ0n) is 13.2. The SMILES string of the molecule is Cc1ccccc1CC1(NC(=O)CCc2nncn2C)CC1. The first-order valence-corrected chi connectivity index (χ1v) is 7.76. The lowest BCUT2D eigenvalue weighted by atomic mass is 9.99. The molecule has 0 spiro atoms. The molecular formula is C17H22N4O. The number of aryl methyl sites for hydroxylation is 3. The van der Waals surface area contributed by atoms with Gasteiger partial charge in [-0.05, 0) is 37.3 Å². The molecule has 1 saturated carbocycles. The summed E-state index contributed by atoms with van der Waals surface area (Å²) in [6.45, 7) is 2.13. The summed E-state index contributed by atoms with van der Waals surface area (Å²) in [7, 11) is 1.90. The van der Waals surface area contributed by atoms with Gasteiger partial charge in [0, 0.05) is 25.4 Å². The molecular weight excluding hydrogens is 276 g/mol. The van der Waals surface area contributed by atoms with Gasteiger partial charge < -0.3 is 9.88 Å². The van der Waals surface area contributed by atoms with E-state index in [4.69, 9.17) is 0 Å². The molecule has 0 radical (unpaired) electrons. The van der Waals surface area contributed by atoms with Gasteiger partial charge in [-0.25, -0.2) is 0 Å². The smallest absolute Gasteiger partial charge is 0.220 e. The fraction of sp³-hybridized carbons (Fsp3) is 0.471. The summed E-state index contributed by atoms with van der Waals surface area (Å²) in [6, 6.07) is 8.40. The molecule has 1 aromatic carbocycles. The standard InChI is InChI=1S/C17H22N4O/c1-13-5-3-4-6-14(13)11-17(9-10-17)19-16(22)8-7-15-20-18-12-21(15)2/h3-6,12H,7-11H2,1-2H3,(H,19,22). The van der Waals surface area contributed by atoms with Crippen LogP contribution in [0.25, 0.3) is 0 Å². The molecule has 0 saturated heterocycles. The molecule has 116 valence electrons. The Balaban J connectivity index is 1.55. The van der Waals surface area contributed by atoms with Crippen LogP contribution in [0.15, 0.2) is 30.6 Å². The second-order valence-corrected chi connectivity index (χ2v) is 6.29. The van der Waals surface area contributed by atoms with Gasteiger partial charge in [-0.3, -0.25) is 4.79 Å². The van der Waals surface area contributed by atoms with Crippen molar-refractivity contribution in [3.8, 4) is 0 Å². The molecule has 0 aliphatic heterocycles. The van der Waals surface area contributed by atoms with Crippen molar-refractivity contribution in [1.82, 2.24) is 20.1 Å². The van der Waals surface area contributed by atoms with Gasteiger partial charge in [-0.15, -0.1) is 10.2 Å². The monoisotopic (exact) mass is 298 g/mol. The Morgan fingerprint density at radius 2 is 2.14 bits per heavy atom. The van der Waals surface area contributed by atoms with E-state index >= 15 is 0 Å². The predicted molar refractivity (Wildman–Crippen MR) is 84.3 cm³/mol. The molecule has 0 bridgehead atoms. The Labute approximate surface area is 130 Å². The van der Waals surface area contributed by atoms with Crippen LogP contribution >= 0.6 is 0 Å². The van der Waals surface area contributed by atoms with Gasteiger partial charge in [0.25, 0.3) is 0 Å². The molecule has 1 aromatic heterocycles. The number of hydrogen-bond donors (Lipinski definition) is 1. The molecule has 22 heavy (non-hydrogen) atoms. The third kappa shape index (κ3) is 3.35. The zero-order valence-corrected chi connectivity index (χ0v) is 13.2. The first-order valence-electron chi connectivity index (χ1n) is 7.76. The predicted octanol–water partition coefficient (Wildman–Crippen LogP) is 1.95. The summed E-state index contributed by atoms with van der Waals surface area (Å²) in [6.07, 6.45) is 5.81. The molecule has 1 aliphatic rings. The van der Waals surface area contributed by atoms with Crippen LogP contribution in [0.4, 0.5) is 0 Å². The quantitative estimate of drug-likeness (QED) is 0.886. The molecule has 3 rings (SSSR count). The number of benzene rings is 1. The Morgan fingerprint density at radius 1 is 1.36 bits per heavy atom. The van der Waals surface area contributed by atoms with E-state index in [-0.39, 0.29) is 11.4 Å². The lowest BCUT2D eigenvalue weighted by molar-refractivity contribution is -0.122. The van der Waals surface area contributed by atoms with Crippen LogP contribution in [0.3, 0.4) is 0 Å². The number of nitrogens with one attached hydrogen (secondary N) is 1. The molecule has 5 nitrogen and oxygen atoms in total. The topological polar surface area (TPSA) is 59.8 Å². The maximum Gasteiger partial charge on any atom is 0.220 e. The van der Waals surface area contributed by atoms with Crippen molar-refractivity contribution in [3.05, 3.63) is 47.5 Å². The highest BCUT2D eigenvalue weighted by molar-refractivity contribution is 5.77. The summed E-state index contributed by atoms with van der Waals surface area (Å²) in [5.74, 6) is 0.952. The van der Waals surface area contributed by atoms with E-state index in [0.717, 1.165) is 25.1 Å². The van der Waals surface area contributed by atoms with Crippen LogP contribution in [-0.4, -0.2) is 26.2 Å². The van der Waals surface area contributed by atoms with Crippen LogP contribution in [0.1, 0.15) is 36.2 Å². The number of nitrogens with zero attached hydrogens (tertiary/aromatic N) is 3. The van der Waals surface area contributed by atoms with E-state index in [1.54, 1.807) is 6.33 Å². The highest BCUT2D eigenvalue weighted by Crippen LogP contribution is 2.39. The van der Waals surface area contributed by atoms with Gasteiger partial charge in [0.1, 0.15) is 12.2 Å². The third-order valence-corrected chi connectivity index (χ3v) is 4.43. The average Bonchev–Trinajstić information content (AvgIpc) is 3.11. The average molecular weight is 298 g/mol. The van der Waals surface area contributed by atoms with Crippen LogP contribution in [0, 0.1) is 6.92 Å². The Kier molecular flexibility index (Phi) is 3.96. The number of carbonyl (C=O) groups excluding carboxylic acids is 1. The second kappa shape index (κ2) is 5.91. The lowest BCUT2D eigenvalue weighted by Gasteiger charge is -2.18. The largest absolute Gasteiger partial charge is 0.350 e. The Morgan fingerprint density at radius 3 is 2.77 bits per heavy atom. The van der Waals surface area contributed by atoms with Gasteiger partial charge in [0.2, 0.25) is 5.91 Å². The molecule has 1 fully saturated rings. The Bertz CT molecular complexity index is 673. The van der Waals surface area contributed by atoms with E-state index in [1.165, 1.54) is 11.1 Å². The molecule has 0 unspecified atom stereocenters. The summed E-state index contributed by atoms with van der Waals surface area (Å²) in [4.78, 5) is 12.2. The summed E-state index contributed by atoms with van der Waals surface area (Å²) < 4.78 is 1.85. The highest BCUT2D eigenvalue weighted by atomic mass is 16.1. The van der Waals surface area contributed by atoms with E-state index in [2.05, 4.69) is 46.7 Å². The third-order valence-electron chi connectivity index (χ3n) is 4.43. The van der Waals surface area contributed by atoms with Crippen LogP contribution < -0.4 is 5.32 Å². The second-order valence-electron chi connectivity index (χ2n) is 6.29. The fourth-order valence-corrected chi connectivity index (χ4v) is 2.79. The molecule has 2 aromatic rings. The summed E-state index contributed by atoms with van der Waals surface area (Å²) in [5.41, 5.74) is 2.60. The first-order chi connectivity index (χ1) is 10.6. The van der Waals surface area contributed by atoms with Crippen molar-refractivity contribution < 1.29 is 4.79 Å². The van der Waals surface area contributed by atoms with Crippen LogP contribution in [0.2, 0.25) is 0 Å². The van der Waals surface area contributed by atoms with E-state index < -0.39 is 0 Å². The zero-order chi connectivity index (χ0) is 15.6. The maximum atomic E-state index is 12.2.